The fraction of sp³-hybridized carbons (Fsp3) is 0.588. The van der Waals surface area contributed by atoms with Crippen LogP contribution in [0.1, 0.15) is 24.2 Å². The lowest BCUT2D eigenvalue weighted by Crippen LogP contribution is -2.42. The van der Waals surface area contributed by atoms with E-state index in [1.807, 2.05) is 4.90 Å². The smallest absolute Gasteiger partial charge is 0.257 e. The minimum absolute atomic E-state index is 0. The van der Waals surface area contributed by atoms with E-state index in [-0.39, 0.29) is 48.6 Å². The summed E-state index contributed by atoms with van der Waals surface area (Å²) in [6.07, 6.45) is 0. The molecule has 0 spiro atoms. The Morgan fingerprint density at radius 2 is 2.00 bits per heavy atom. The number of halogens is 1. The molecule has 1 saturated heterocycles. The van der Waals surface area contributed by atoms with E-state index in [1.54, 1.807) is 12.1 Å². The Labute approximate surface area is 159 Å². The highest BCUT2D eigenvalue weighted by Crippen LogP contribution is 2.26. The van der Waals surface area contributed by atoms with Crippen LogP contribution in [-0.2, 0) is 4.79 Å². The van der Waals surface area contributed by atoms with Crippen LogP contribution in [-0.4, -0.2) is 61.6 Å². The summed E-state index contributed by atoms with van der Waals surface area (Å²) in [4.78, 5) is 30.0. The van der Waals surface area contributed by atoms with Crippen molar-refractivity contribution in [1.29, 1.82) is 0 Å². The highest BCUT2D eigenvalue weighted by atomic mass is 35.5. The molecule has 0 unspecified atom stereocenters. The van der Waals surface area contributed by atoms with Crippen LogP contribution in [0.3, 0.4) is 0 Å². The fourth-order valence-corrected chi connectivity index (χ4v) is 3.20. The van der Waals surface area contributed by atoms with Gasteiger partial charge in [0.1, 0.15) is 5.56 Å². The molecule has 26 heavy (non-hydrogen) atoms. The number of pyridine rings is 1. The number of hydrogen-bond acceptors (Lipinski definition) is 6. The SMILES string of the molecule is COc1ccc(C(=O)N[C@H]2CN(CC(N)=O)C[C@@H]2C(C)C)c(OC)n1.Cl. The van der Waals surface area contributed by atoms with Gasteiger partial charge in [-0.1, -0.05) is 13.8 Å². The summed E-state index contributed by atoms with van der Waals surface area (Å²) in [5.74, 6) is 0.561. The number of nitrogens with two attached hydrogens (primary N) is 1. The molecule has 3 N–H and O–H groups in total. The van der Waals surface area contributed by atoms with Crippen molar-refractivity contribution in [3.8, 4) is 11.8 Å². The second-order valence-electron chi connectivity index (χ2n) is 6.56. The summed E-state index contributed by atoms with van der Waals surface area (Å²) in [6.45, 7) is 5.72. The number of nitrogens with zero attached hydrogens (tertiary/aromatic N) is 2. The average molecular weight is 387 g/mol. The molecule has 2 heterocycles. The molecular weight excluding hydrogens is 360 g/mol. The van der Waals surface area contributed by atoms with Crippen LogP contribution in [0.4, 0.5) is 0 Å². The molecule has 2 rings (SSSR count). The zero-order valence-electron chi connectivity index (χ0n) is 15.5. The highest BCUT2D eigenvalue weighted by Gasteiger charge is 2.36. The average Bonchev–Trinajstić information content (AvgIpc) is 2.95. The van der Waals surface area contributed by atoms with E-state index in [0.29, 0.717) is 23.9 Å². The van der Waals surface area contributed by atoms with Crippen molar-refractivity contribution in [2.75, 3.05) is 33.9 Å². The summed E-state index contributed by atoms with van der Waals surface area (Å²) in [7, 11) is 2.96. The van der Waals surface area contributed by atoms with Gasteiger partial charge in [0.05, 0.1) is 20.8 Å². The van der Waals surface area contributed by atoms with Crippen LogP contribution in [0.5, 0.6) is 11.8 Å². The van der Waals surface area contributed by atoms with Gasteiger partial charge in [-0.15, -0.1) is 12.4 Å². The minimum Gasteiger partial charge on any atom is -0.481 e. The van der Waals surface area contributed by atoms with E-state index < -0.39 is 0 Å². The Kier molecular flexibility index (Phi) is 8.10. The molecule has 1 aromatic rings. The Morgan fingerprint density at radius 1 is 1.31 bits per heavy atom. The molecule has 8 nitrogen and oxygen atoms in total. The van der Waals surface area contributed by atoms with E-state index >= 15 is 0 Å². The molecule has 1 fully saturated rings. The number of aromatic nitrogens is 1. The number of rotatable bonds is 7. The van der Waals surface area contributed by atoms with Crippen molar-refractivity contribution in [1.82, 2.24) is 15.2 Å². The molecule has 0 bridgehead atoms. The van der Waals surface area contributed by atoms with Crippen molar-refractivity contribution >= 4 is 24.2 Å². The number of carbonyl (C=O) groups is 2. The summed E-state index contributed by atoms with van der Waals surface area (Å²) in [5.41, 5.74) is 5.64. The van der Waals surface area contributed by atoms with Gasteiger partial charge >= 0.3 is 0 Å². The lowest BCUT2D eigenvalue weighted by molar-refractivity contribution is -0.118. The predicted molar refractivity (Wildman–Crippen MR) is 99.8 cm³/mol. The Morgan fingerprint density at radius 3 is 2.54 bits per heavy atom. The number of ether oxygens (including phenoxy) is 2. The number of hydrogen-bond donors (Lipinski definition) is 2. The number of methoxy groups -OCH3 is 2. The summed E-state index contributed by atoms with van der Waals surface area (Å²) < 4.78 is 10.2. The zero-order valence-corrected chi connectivity index (χ0v) is 16.3. The molecule has 0 radical (unpaired) electrons. The van der Waals surface area contributed by atoms with E-state index in [2.05, 4.69) is 24.1 Å². The van der Waals surface area contributed by atoms with Crippen LogP contribution < -0.4 is 20.5 Å². The maximum absolute atomic E-state index is 12.7. The molecule has 0 saturated carbocycles. The van der Waals surface area contributed by atoms with E-state index in [0.717, 1.165) is 6.54 Å². The fourth-order valence-electron chi connectivity index (χ4n) is 3.20. The zero-order chi connectivity index (χ0) is 18.6. The summed E-state index contributed by atoms with van der Waals surface area (Å²) >= 11 is 0. The van der Waals surface area contributed by atoms with Gasteiger partial charge in [-0.3, -0.25) is 14.5 Å². The van der Waals surface area contributed by atoms with Gasteiger partial charge in [-0.25, -0.2) is 0 Å². The first-order valence-corrected chi connectivity index (χ1v) is 8.26. The number of carbonyl (C=O) groups excluding carboxylic acids is 2. The quantitative estimate of drug-likeness (QED) is 0.714. The Bertz CT molecular complexity index is 641. The molecule has 1 aromatic heterocycles. The second kappa shape index (κ2) is 9.59. The Hall–Kier alpha value is -2.06. The molecule has 9 heteroatoms. The topological polar surface area (TPSA) is 107 Å². The second-order valence-corrected chi connectivity index (χ2v) is 6.56. The van der Waals surface area contributed by atoms with Gasteiger partial charge in [0.2, 0.25) is 17.7 Å². The first-order valence-electron chi connectivity index (χ1n) is 8.26. The minimum atomic E-state index is -0.365. The van der Waals surface area contributed by atoms with Gasteiger partial charge in [0.15, 0.2) is 0 Å². The van der Waals surface area contributed by atoms with Crippen molar-refractivity contribution in [2.24, 2.45) is 17.6 Å². The first-order chi connectivity index (χ1) is 11.8. The lowest BCUT2D eigenvalue weighted by atomic mass is 9.91. The van der Waals surface area contributed by atoms with Gasteiger partial charge < -0.3 is 20.5 Å². The van der Waals surface area contributed by atoms with E-state index in [1.165, 1.54) is 14.2 Å². The molecular formula is C17H27ClN4O4. The van der Waals surface area contributed by atoms with Gasteiger partial charge in [0.25, 0.3) is 5.91 Å². The third-order valence-electron chi connectivity index (χ3n) is 4.47. The van der Waals surface area contributed by atoms with E-state index in [9.17, 15) is 9.59 Å². The molecule has 1 aliphatic heterocycles. The normalized spacial score (nSPS) is 19.7. The maximum atomic E-state index is 12.7. The van der Waals surface area contributed by atoms with Crippen LogP contribution in [0.2, 0.25) is 0 Å². The molecule has 146 valence electrons. The number of likely N-dealkylation sites (tertiary alicyclic amines) is 1. The van der Waals surface area contributed by atoms with Gasteiger partial charge in [-0.2, -0.15) is 4.98 Å². The number of primary amides is 1. The first kappa shape index (κ1) is 22.0. The predicted octanol–water partition coefficient (Wildman–Crippen LogP) is 0.692. The third-order valence-corrected chi connectivity index (χ3v) is 4.47. The van der Waals surface area contributed by atoms with Crippen molar-refractivity contribution in [3.05, 3.63) is 17.7 Å². The lowest BCUT2D eigenvalue weighted by Gasteiger charge is -2.23. The van der Waals surface area contributed by atoms with Crippen molar-refractivity contribution < 1.29 is 19.1 Å². The largest absolute Gasteiger partial charge is 0.481 e. The highest BCUT2D eigenvalue weighted by molar-refractivity contribution is 5.96. The molecule has 2 atom stereocenters. The van der Waals surface area contributed by atoms with Gasteiger partial charge in [-0.05, 0) is 17.9 Å². The maximum Gasteiger partial charge on any atom is 0.257 e. The summed E-state index contributed by atoms with van der Waals surface area (Å²) in [6, 6.07) is 3.17. The monoisotopic (exact) mass is 386 g/mol. The number of nitrogens with one attached hydrogen (secondary N) is 1. The van der Waals surface area contributed by atoms with Crippen molar-refractivity contribution in [3.63, 3.8) is 0 Å². The molecule has 2 amide bonds. The van der Waals surface area contributed by atoms with Crippen LogP contribution in [0.15, 0.2) is 12.1 Å². The van der Waals surface area contributed by atoms with Crippen LogP contribution in [0, 0.1) is 11.8 Å². The Balaban J connectivity index is 0.00000338. The van der Waals surface area contributed by atoms with Crippen LogP contribution >= 0.6 is 12.4 Å². The molecule has 1 aliphatic rings. The molecule has 0 aromatic carbocycles. The van der Waals surface area contributed by atoms with Gasteiger partial charge in [0, 0.05) is 25.2 Å². The van der Waals surface area contributed by atoms with E-state index in [4.69, 9.17) is 15.2 Å². The third kappa shape index (κ3) is 5.22. The van der Waals surface area contributed by atoms with Crippen molar-refractivity contribution in [2.45, 2.75) is 19.9 Å². The summed E-state index contributed by atoms with van der Waals surface area (Å²) in [5, 5.41) is 3.05. The molecule has 0 aliphatic carbocycles. The standard InChI is InChI=1S/C17H26N4O4.ClH/c1-10(2)12-7-21(9-14(18)22)8-13(12)19-16(23)11-5-6-15(24-3)20-17(11)25-4;/h5-6,10,12-13H,7-9H2,1-4H3,(H2,18,22)(H,19,23);1H/t12-,13+;/m1./s1. The number of amides is 2. The van der Waals surface area contributed by atoms with Crippen LogP contribution in [0.25, 0.3) is 0 Å².